The second-order valence-electron chi connectivity index (χ2n) is 3.23. The van der Waals surface area contributed by atoms with Gasteiger partial charge in [-0.15, -0.1) is 5.92 Å². The molecule has 0 aliphatic rings. The number of carboxylic acid groups (broad SMARTS) is 1. The van der Waals surface area contributed by atoms with E-state index >= 15 is 0 Å². The smallest absolute Gasteiger partial charge is 0.304 e. The molecule has 0 aromatic heterocycles. The lowest BCUT2D eigenvalue weighted by molar-refractivity contribution is -0.137. The molecule has 16 heavy (non-hydrogen) atoms. The molecule has 0 saturated heterocycles. The molecule has 0 amide bonds. The Kier molecular flexibility index (Phi) is 4.69. The summed E-state index contributed by atoms with van der Waals surface area (Å²) in [6.07, 6.45) is -0.0186. The lowest BCUT2D eigenvalue weighted by Gasteiger charge is -2.08. The van der Waals surface area contributed by atoms with Crippen LogP contribution in [0.5, 0.6) is 0 Å². The molecule has 1 rings (SSSR count). The number of hydrogen-bond donors (Lipinski definition) is 1. The molecule has 1 N–H and O–H groups in total. The van der Waals surface area contributed by atoms with E-state index in [1.807, 2.05) is 0 Å². The molecule has 1 unspecified atom stereocenters. The van der Waals surface area contributed by atoms with E-state index in [2.05, 4.69) is 11.8 Å². The van der Waals surface area contributed by atoms with E-state index in [9.17, 15) is 9.36 Å². The Morgan fingerprint density at radius 3 is 2.50 bits per heavy atom. The van der Waals surface area contributed by atoms with Crippen molar-refractivity contribution >= 4 is 19.7 Å². The van der Waals surface area contributed by atoms with Gasteiger partial charge in [0.05, 0.1) is 12.3 Å². The second kappa shape index (κ2) is 6.05. The standard InChI is InChI=1S/C12H11O3P/c1-2-3-10(8-12(13)14)9-4-6-11(16-15)7-5-9/h4-7,10H,8H2,1H3,(H,13,14). The number of carboxylic acids is 1. The van der Waals surface area contributed by atoms with E-state index in [-0.39, 0.29) is 20.8 Å². The SMILES string of the molecule is CC#CC(CC(=O)O)c1ccc(P=O)cc1. The summed E-state index contributed by atoms with van der Waals surface area (Å²) in [5.74, 6) is 4.40. The predicted molar refractivity (Wildman–Crippen MR) is 62.1 cm³/mol. The Morgan fingerprint density at radius 1 is 1.44 bits per heavy atom. The summed E-state index contributed by atoms with van der Waals surface area (Å²) >= 11 is 0. The zero-order chi connectivity index (χ0) is 12.0. The minimum Gasteiger partial charge on any atom is -0.481 e. The maximum atomic E-state index is 10.7. The van der Waals surface area contributed by atoms with Gasteiger partial charge in [0.25, 0.3) is 0 Å². The van der Waals surface area contributed by atoms with Crippen LogP contribution in [0.2, 0.25) is 0 Å². The number of aliphatic carboxylic acids is 1. The third kappa shape index (κ3) is 3.49. The van der Waals surface area contributed by atoms with Gasteiger partial charge in [-0.3, -0.25) is 9.36 Å². The summed E-state index contributed by atoms with van der Waals surface area (Å²) in [6.45, 7) is 1.68. The molecule has 0 fully saturated rings. The van der Waals surface area contributed by atoms with E-state index in [0.29, 0.717) is 5.30 Å². The van der Waals surface area contributed by atoms with E-state index in [4.69, 9.17) is 5.11 Å². The largest absolute Gasteiger partial charge is 0.481 e. The molecule has 0 saturated carbocycles. The zero-order valence-corrected chi connectivity index (χ0v) is 9.70. The normalized spacial score (nSPS) is 11.6. The lowest BCUT2D eigenvalue weighted by Crippen LogP contribution is -2.05. The van der Waals surface area contributed by atoms with Crippen LogP contribution in [0.3, 0.4) is 0 Å². The Labute approximate surface area is 95.7 Å². The van der Waals surface area contributed by atoms with Gasteiger partial charge in [0.15, 0.2) is 8.46 Å². The number of carbonyl (C=O) groups is 1. The Morgan fingerprint density at radius 2 is 2.06 bits per heavy atom. The summed E-state index contributed by atoms with van der Waals surface area (Å²) in [5.41, 5.74) is 0.837. The first-order valence-corrected chi connectivity index (χ1v) is 5.56. The minimum atomic E-state index is -0.876. The maximum absolute atomic E-state index is 10.7. The molecule has 0 bridgehead atoms. The summed E-state index contributed by atoms with van der Waals surface area (Å²) in [4.78, 5) is 10.7. The van der Waals surface area contributed by atoms with Crippen molar-refractivity contribution in [1.82, 2.24) is 0 Å². The van der Waals surface area contributed by atoms with Gasteiger partial charge >= 0.3 is 5.97 Å². The van der Waals surface area contributed by atoms with Crippen LogP contribution in [-0.4, -0.2) is 11.1 Å². The van der Waals surface area contributed by atoms with Gasteiger partial charge < -0.3 is 5.11 Å². The van der Waals surface area contributed by atoms with Gasteiger partial charge in [0, 0.05) is 5.30 Å². The quantitative estimate of drug-likeness (QED) is 0.641. The molecule has 1 atom stereocenters. The maximum Gasteiger partial charge on any atom is 0.304 e. The van der Waals surface area contributed by atoms with Crippen LogP contribution in [0.25, 0.3) is 0 Å². The second-order valence-corrected chi connectivity index (χ2v) is 3.93. The molecule has 0 spiro atoms. The Hall–Kier alpha value is -1.65. The molecule has 0 radical (unpaired) electrons. The van der Waals surface area contributed by atoms with Crippen LogP contribution < -0.4 is 5.30 Å². The zero-order valence-electron chi connectivity index (χ0n) is 8.80. The average molecular weight is 234 g/mol. The molecule has 0 aliphatic carbocycles. The van der Waals surface area contributed by atoms with Gasteiger partial charge in [-0.25, -0.2) is 0 Å². The molecule has 0 aliphatic heterocycles. The molecule has 1 aromatic carbocycles. The van der Waals surface area contributed by atoms with Crippen molar-refractivity contribution < 1.29 is 14.5 Å². The molecule has 82 valence electrons. The fraction of sp³-hybridized carbons (Fsp3) is 0.250. The first kappa shape index (κ1) is 12.4. The van der Waals surface area contributed by atoms with Crippen LogP contribution in [-0.2, 0) is 9.36 Å². The number of rotatable bonds is 4. The third-order valence-electron chi connectivity index (χ3n) is 2.10. The predicted octanol–water partition coefficient (Wildman–Crippen LogP) is 2.19. The fourth-order valence-corrected chi connectivity index (χ4v) is 1.64. The van der Waals surface area contributed by atoms with Crippen LogP contribution in [0.4, 0.5) is 0 Å². The Balaban J connectivity index is 2.94. The summed E-state index contributed by atoms with van der Waals surface area (Å²) < 4.78 is 10.6. The highest BCUT2D eigenvalue weighted by Crippen LogP contribution is 2.18. The van der Waals surface area contributed by atoms with Gasteiger partial charge in [-0.2, -0.15) is 0 Å². The first-order chi connectivity index (χ1) is 7.67. The Bertz CT molecular complexity index is 440. The van der Waals surface area contributed by atoms with Crippen molar-refractivity contribution in [2.75, 3.05) is 0 Å². The lowest BCUT2D eigenvalue weighted by atomic mass is 9.96. The number of hydrogen-bond acceptors (Lipinski definition) is 2. The highest BCUT2D eigenvalue weighted by Gasteiger charge is 2.12. The molecule has 0 heterocycles. The highest BCUT2D eigenvalue weighted by atomic mass is 31.1. The average Bonchev–Trinajstić information content (AvgIpc) is 2.28. The van der Waals surface area contributed by atoms with Gasteiger partial charge in [0.2, 0.25) is 0 Å². The van der Waals surface area contributed by atoms with Crippen molar-refractivity contribution in [3.05, 3.63) is 29.8 Å². The van der Waals surface area contributed by atoms with Crippen molar-refractivity contribution in [2.24, 2.45) is 0 Å². The number of benzene rings is 1. The van der Waals surface area contributed by atoms with Crippen LogP contribution in [0.1, 0.15) is 24.8 Å². The first-order valence-electron chi connectivity index (χ1n) is 4.74. The van der Waals surface area contributed by atoms with Crippen LogP contribution in [0.15, 0.2) is 24.3 Å². The molecule has 4 heteroatoms. The van der Waals surface area contributed by atoms with Gasteiger partial charge in [0.1, 0.15) is 0 Å². The monoisotopic (exact) mass is 234 g/mol. The van der Waals surface area contributed by atoms with Crippen LogP contribution in [0, 0.1) is 11.8 Å². The third-order valence-corrected chi connectivity index (χ3v) is 2.61. The van der Waals surface area contributed by atoms with Gasteiger partial charge in [-0.05, 0) is 24.6 Å². The fourth-order valence-electron chi connectivity index (χ4n) is 1.37. The van der Waals surface area contributed by atoms with Crippen molar-refractivity contribution in [3.8, 4) is 11.8 Å². The van der Waals surface area contributed by atoms with Crippen LogP contribution >= 0.6 is 8.46 Å². The van der Waals surface area contributed by atoms with Gasteiger partial charge in [-0.1, -0.05) is 18.1 Å². The van der Waals surface area contributed by atoms with E-state index < -0.39 is 5.97 Å². The molecular weight excluding hydrogens is 223 g/mol. The molecule has 3 nitrogen and oxygen atoms in total. The molecular formula is C12H11O3P. The van der Waals surface area contributed by atoms with Crippen molar-refractivity contribution in [3.63, 3.8) is 0 Å². The summed E-state index contributed by atoms with van der Waals surface area (Å²) in [5, 5.41) is 9.42. The van der Waals surface area contributed by atoms with E-state index in [0.717, 1.165) is 5.56 Å². The summed E-state index contributed by atoms with van der Waals surface area (Å²) in [6, 6.07) is 6.93. The van der Waals surface area contributed by atoms with Crippen molar-refractivity contribution in [2.45, 2.75) is 19.3 Å². The highest BCUT2D eigenvalue weighted by molar-refractivity contribution is 7.34. The minimum absolute atomic E-state index is 0.0186. The van der Waals surface area contributed by atoms with E-state index in [1.54, 1.807) is 31.2 Å². The van der Waals surface area contributed by atoms with Crippen molar-refractivity contribution in [1.29, 1.82) is 0 Å². The van der Waals surface area contributed by atoms with E-state index in [1.165, 1.54) is 0 Å². The molecule has 1 aromatic rings. The summed E-state index contributed by atoms with van der Waals surface area (Å²) in [7, 11) is -0.0357. The topological polar surface area (TPSA) is 54.4 Å².